The van der Waals surface area contributed by atoms with E-state index in [4.69, 9.17) is 5.11 Å². The van der Waals surface area contributed by atoms with E-state index < -0.39 is 11.2 Å². The molecule has 1 atom stereocenters. The van der Waals surface area contributed by atoms with Crippen molar-refractivity contribution in [2.24, 2.45) is 0 Å². The molecule has 2 rings (SSSR count). The van der Waals surface area contributed by atoms with Crippen molar-refractivity contribution in [3.63, 3.8) is 0 Å². The summed E-state index contributed by atoms with van der Waals surface area (Å²) in [7, 11) is 0. The zero-order valence-electron chi connectivity index (χ0n) is 10.2. The van der Waals surface area contributed by atoms with Crippen LogP contribution >= 0.6 is 23.1 Å². The summed E-state index contributed by atoms with van der Waals surface area (Å²) >= 11 is 2.95. The molecule has 0 saturated heterocycles. The van der Waals surface area contributed by atoms with Gasteiger partial charge in [0.1, 0.15) is 21.4 Å². The molecule has 2 heterocycles. The second kappa shape index (κ2) is 5.67. The molecule has 0 aliphatic rings. The molecule has 0 aliphatic carbocycles. The number of thioether (sulfide) groups is 1. The third-order valence-electron chi connectivity index (χ3n) is 2.59. The van der Waals surface area contributed by atoms with Crippen LogP contribution in [0.4, 0.5) is 0 Å². The number of hydrogen-bond donors (Lipinski definition) is 1. The molecular formula is C12H14N2O2S2. The zero-order chi connectivity index (χ0) is 13.1. The minimum atomic E-state index is -0.791. The van der Waals surface area contributed by atoms with Gasteiger partial charge in [0.25, 0.3) is 0 Å². The van der Waals surface area contributed by atoms with Gasteiger partial charge in [-0.3, -0.25) is 4.79 Å². The van der Waals surface area contributed by atoms with Gasteiger partial charge in [0.05, 0.1) is 0 Å². The fourth-order valence-corrected chi connectivity index (χ4v) is 3.52. The number of thiophene rings is 1. The number of carbonyl (C=O) groups is 1. The Kier molecular flexibility index (Phi) is 4.19. The van der Waals surface area contributed by atoms with Crippen molar-refractivity contribution in [1.29, 1.82) is 0 Å². The summed E-state index contributed by atoms with van der Waals surface area (Å²) < 4.78 is 0. The van der Waals surface area contributed by atoms with Gasteiger partial charge in [-0.2, -0.15) is 0 Å². The molecule has 2 aromatic heterocycles. The maximum atomic E-state index is 11.1. The Morgan fingerprint density at radius 3 is 2.89 bits per heavy atom. The first-order chi connectivity index (χ1) is 8.65. The lowest BCUT2D eigenvalue weighted by Gasteiger charge is -2.08. The number of aliphatic carboxylic acids is 1. The van der Waals surface area contributed by atoms with Crippen molar-refractivity contribution in [2.45, 2.75) is 37.0 Å². The highest BCUT2D eigenvalue weighted by Gasteiger charge is 2.19. The first kappa shape index (κ1) is 13.3. The van der Waals surface area contributed by atoms with Crippen LogP contribution in [0.3, 0.4) is 0 Å². The SMILES string of the molecule is CCc1cc2c(SC(CC)C(=O)O)ncnc2s1. The van der Waals surface area contributed by atoms with Crippen LogP contribution in [0.5, 0.6) is 0 Å². The maximum Gasteiger partial charge on any atom is 0.317 e. The largest absolute Gasteiger partial charge is 0.480 e. The van der Waals surface area contributed by atoms with Gasteiger partial charge in [-0.25, -0.2) is 9.97 Å². The molecule has 0 saturated carbocycles. The molecule has 0 fully saturated rings. The lowest BCUT2D eigenvalue weighted by molar-refractivity contribution is -0.136. The van der Waals surface area contributed by atoms with Crippen molar-refractivity contribution >= 4 is 39.3 Å². The van der Waals surface area contributed by atoms with Crippen LogP contribution < -0.4 is 0 Å². The van der Waals surface area contributed by atoms with Crippen LogP contribution in [0.25, 0.3) is 10.2 Å². The van der Waals surface area contributed by atoms with E-state index >= 15 is 0 Å². The minimum absolute atomic E-state index is 0.451. The fourth-order valence-electron chi connectivity index (χ4n) is 1.59. The first-order valence-electron chi connectivity index (χ1n) is 5.78. The summed E-state index contributed by atoms with van der Waals surface area (Å²) in [6.45, 7) is 3.96. The average Bonchev–Trinajstić information content (AvgIpc) is 2.79. The van der Waals surface area contributed by atoms with Crippen LogP contribution in [-0.4, -0.2) is 26.3 Å². The molecule has 2 aromatic rings. The van der Waals surface area contributed by atoms with E-state index in [0.717, 1.165) is 21.7 Å². The molecule has 1 unspecified atom stereocenters. The van der Waals surface area contributed by atoms with Gasteiger partial charge in [-0.1, -0.05) is 25.6 Å². The monoisotopic (exact) mass is 282 g/mol. The summed E-state index contributed by atoms with van der Waals surface area (Å²) in [6, 6.07) is 2.07. The van der Waals surface area contributed by atoms with Gasteiger partial charge in [-0.15, -0.1) is 11.3 Å². The van der Waals surface area contributed by atoms with Crippen LogP contribution in [0.15, 0.2) is 17.4 Å². The highest BCUT2D eigenvalue weighted by Crippen LogP contribution is 2.33. The third kappa shape index (κ3) is 2.64. The molecule has 96 valence electrons. The molecule has 0 aromatic carbocycles. The normalized spacial score (nSPS) is 12.8. The van der Waals surface area contributed by atoms with Gasteiger partial charge in [-0.05, 0) is 18.9 Å². The number of aryl methyl sites for hydroxylation is 1. The number of carboxylic acid groups (broad SMARTS) is 1. The highest BCUT2D eigenvalue weighted by atomic mass is 32.2. The van der Waals surface area contributed by atoms with Gasteiger partial charge < -0.3 is 5.11 Å². The standard InChI is InChI=1S/C12H14N2O2S2/c1-3-7-5-8-10(17-7)13-6-14-11(8)18-9(4-2)12(15)16/h5-6,9H,3-4H2,1-2H3,(H,15,16). The minimum Gasteiger partial charge on any atom is -0.480 e. The second-order valence-electron chi connectivity index (χ2n) is 3.82. The Morgan fingerprint density at radius 2 is 2.28 bits per heavy atom. The summed E-state index contributed by atoms with van der Waals surface area (Å²) in [5.74, 6) is -0.791. The van der Waals surface area contributed by atoms with E-state index in [-0.39, 0.29) is 0 Å². The number of fused-ring (bicyclic) bond motifs is 1. The van der Waals surface area contributed by atoms with Crippen LogP contribution in [0, 0.1) is 0 Å². The molecule has 1 N–H and O–H groups in total. The Hall–Kier alpha value is -1.14. The van der Waals surface area contributed by atoms with Gasteiger partial charge in [0.15, 0.2) is 0 Å². The molecule has 0 radical (unpaired) electrons. The average molecular weight is 282 g/mol. The van der Waals surface area contributed by atoms with E-state index in [1.54, 1.807) is 11.3 Å². The Morgan fingerprint density at radius 1 is 1.50 bits per heavy atom. The fraction of sp³-hybridized carbons (Fsp3) is 0.417. The predicted octanol–water partition coefficient (Wildman–Crippen LogP) is 3.21. The molecule has 4 nitrogen and oxygen atoms in total. The van der Waals surface area contributed by atoms with Crippen molar-refractivity contribution in [2.75, 3.05) is 0 Å². The molecule has 0 aliphatic heterocycles. The van der Waals surface area contributed by atoms with Crippen molar-refractivity contribution < 1.29 is 9.90 Å². The van der Waals surface area contributed by atoms with Crippen molar-refractivity contribution in [3.05, 3.63) is 17.3 Å². The quantitative estimate of drug-likeness (QED) is 0.674. The molecular weight excluding hydrogens is 268 g/mol. The van der Waals surface area contributed by atoms with Crippen LogP contribution in [0.1, 0.15) is 25.1 Å². The maximum absolute atomic E-state index is 11.1. The Balaban J connectivity index is 2.38. The predicted molar refractivity (Wildman–Crippen MR) is 74.4 cm³/mol. The lowest BCUT2D eigenvalue weighted by Crippen LogP contribution is -2.14. The molecule has 0 bridgehead atoms. The smallest absolute Gasteiger partial charge is 0.317 e. The number of hydrogen-bond acceptors (Lipinski definition) is 5. The Bertz CT molecular complexity index is 568. The summed E-state index contributed by atoms with van der Waals surface area (Å²) in [6.07, 6.45) is 3.05. The number of aromatic nitrogens is 2. The third-order valence-corrected chi connectivity index (χ3v) is 5.15. The molecule has 0 amide bonds. The van der Waals surface area contributed by atoms with Gasteiger partial charge in [0, 0.05) is 10.3 Å². The first-order valence-corrected chi connectivity index (χ1v) is 7.48. The van der Waals surface area contributed by atoms with Crippen molar-refractivity contribution in [1.82, 2.24) is 9.97 Å². The van der Waals surface area contributed by atoms with E-state index in [1.165, 1.54) is 23.0 Å². The second-order valence-corrected chi connectivity index (χ2v) is 6.12. The Labute approximate surface area is 113 Å². The van der Waals surface area contributed by atoms with E-state index in [1.807, 2.05) is 6.92 Å². The van der Waals surface area contributed by atoms with Crippen LogP contribution in [-0.2, 0) is 11.2 Å². The van der Waals surface area contributed by atoms with Crippen molar-refractivity contribution in [3.8, 4) is 0 Å². The number of carboxylic acids is 1. The topological polar surface area (TPSA) is 63.1 Å². The summed E-state index contributed by atoms with van der Waals surface area (Å²) in [5, 5.41) is 10.4. The zero-order valence-corrected chi connectivity index (χ0v) is 11.8. The summed E-state index contributed by atoms with van der Waals surface area (Å²) in [5.41, 5.74) is 0. The molecule has 6 heteroatoms. The number of rotatable bonds is 5. The number of nitrogens with zero attached hydrogens (tertiary/aromatic N) is 2. The van der Waals surface area contributed by atoms with Gasteiger partial charge in [0.2, 0.25) is 0 Å². The molecule has 0 spiro atoms. The van der Waals surface area contributed by atoms with Gasteiger partial charge >= 0.3 is 5.97 Å². The van der Waals surface area contributed by atoms with E-state index in [2.05, 4.69) is 23.0 Å². The lowest BCUT2D eigenvalue weighted by atomic mass is 10.3. The summed E-state index contributed by atoms with van der Waals surface area (Å²) in [4.78, 5) is 21.7. The highest BCUT2D eigenvalue weighted by molar-refractivity contribution is 8.00. The van der Waals surface area contributed by atoms with Crippen LogP contribution in [0.2, 0.25) is 0 Å². The van der Waals surface area contributed by atoms with E-state index in [0.29, 0.717) is 6.42 Å². The van der Waals surface area contributed by atoms with E-state index in [9.17, 15) is 4.79 Å². The molecule has 18 heavy (non-hydrogen) atoms.